The van der Waals surface area contributed by atoms with E-state index in [1.807, 2.05) is 18.2 Å². The first-order chi connectivity index (χ1) is 15.1. The molecular weight excluding hydrogens is 392 g/mol. The second-order valence-corrected chi connectivity index (χ2v) is 7.06. The Morgan fingerprint density at radius 2 is 1.58 bits per heavy atom. The summed E-state index contributed by atoms with van der Waals surface area (Å²) in [7, 11) is 0. The van der Waals surface area contributed by atoms with Crippen molar-refractivity contribution in [2.75, 3.05) is 13.2 Å². The van der Waals surface area contributed by atoms with E-state index < -0.39 is 5.92 Å². The third kappa shape index (κ3) is 6.09. The van der Waals surface area contributed by atoms with E-state index in [1.54, 1.807) is 61.7 Å². The molecule has 1 aromatic heterocycles. The van der Waals surface area contributed by atoms with Crippen LogP contribution in [0, 0.1) is 0 Å². The highest BCUT2D eigenvalue weighted by molar-refractivity contribution is 6.09. The minimum atomic E-state index is -0.453. The highest BCUT2D eigenvalue weighted by Gasteiger charge is 2.17. The summed E-state index contributed by atoms with van der Waals surface area (Å²) < 4.78 is 5.32. The van der Waals surface area contributed by atoms with Gasteiger partial charge in [-0.25, -0.2) is 0 Å². The molecule has 0 fully saturated rings. The highest BCUT2D eigenvalue weighted by atomic mass is 16.5. The van der Waals surface area contributed by atoms with E-state index in [9.17, 15) is 14.4 Å². The van der Waals surface area contributed by atoms with Gasteiger partial charge >= 0.3 is 5.97 Å². The Hall–Kier alpha value is -3.80. The molecule has 0 aliphatic carbocycles. The third-order valence-electron chi connectivity index (χ3n) is 4.84. The summed E-state index contributed by atoms with van der Waals surface area (Å²) in [5.74, 6) is -1.07. The van der Waals surface area contributed by atoms with Gasteiger partial charge in [0.25, 0.3) is 5.91 Å². The van der Waals surface area contributed by atoms with Gasteiger partial charge in [-0.15, -0.1) is 0 Å². The second kappa shape index (κ2) is 10.8. The van der Waals surface area contributed by atoms with Gasteiger partial charge in [0.2, 0.25) is 0 Å². The fraction of sp³-hybridized carbons (Fsp3) is 0.200. The molecule has 1 N–H and O–H groups in total. The number of nitrogens with zero attached hydrogens (tertiary/aromatic N) is 1. The maximum absolute atomic E-state index is 12.5. The monoisotopic (exact) mass is 416 g/mol. The molecule has 6 heteroatoms. The van der Waals surface area contributed by atoms with Crippen molar-refractivity contribution < 1.29 is 19.1 Å². The Kier molecular flexibility index (Phi) is 7.65. The standard InChI is InChI=1S/C25H24N2O4/c1-18(19-10-12-21(13-11-19)23(28)20-7-3-2-4-8-20)25(30)31-16-6-15-27-24(29)22-9-5-14-26-17-22/h2-5,7-14,17-18H,6,15-16H2,1H3,(H,27,29). The summed E-state index contributed by atoms with van der Waals surface area (Å²) in [4.78, 5) is 40.6. The number of ether oxygens (including phenoxy) is 1. The SMILES string of the molecule is CC(C(=O)OCCCNC(=O)c1cccnc1)c1ccc(C(=O)c2ccccc2)cc1. The van der Waals surface area contributed by atoms with E-state index in [1.165, 1.54) is 6.20 Å². The lowest BCUT2D eigenvalue weighted by Gasteiger charge is -2.12. The van der Waals surface area contributed by atoms with Crippen LogP contribution < -0.4 is 5.32 Å². The Morgan fingerprint density at radius 3 is 2.26 bits per heavy atom. The lowest BCUT2D eigenvalue weighted by atomic mass is 9.97. The van der Waals surface area contributed by atoms with Gasteiger partial charge in [-0.3, -0.25) is 19.4 Å². The number of amides is 1. The number of pyridine rings is 1. The number of hydrogen-bond donors (Lipinski definition) is 1. The van der Waals surface area contributed by atoms with Crippen LogP contribution in [0.5, 0.6) is 0 Å². The van der Waals surface area contributed by atoms with Crippen LogP contribution in [0.2, 0.25) is 0 Å². The van der Waals surface area contributed by atoms with Crippen LogP contribution >= 0.6 is 0 Å². The molecule has 0 aliphatic rings. The molecule has 3 rings (SSSR count). The van der Waals surface area contributed by atoms with Crippen molar-refractivity contribution >= 4 is 17.7 Å². The van der Waals surface area contributed by atoms with E-state index in [4.69, 9.17) is 4.74 Å². The number of aromatic nitrogens is 1. The Labute approximate surface area is 181 Å². The predicted molar refractivity (Wildman–Crippen MR) is 117 cm³/mol. The number of esters is 1. The number of nitrogens with one attached hydrogen (secondary N) is 1. The maximum atomic E-state index is 12.5. The van der Waals surface area contributed by atoms with Gasteiger partial charge in [0.05, 0.1) is 18.1 Å². The molecule has 2 aromatic carbocycles. The molecule has 1 atom stereocenters. The normalized spacial score (nSPS) is 11.4. The van der Waals surface area contributed by atoms with Crippen molar-refractivity contribution in [3.05, 3.63) is 101 Å². The fourth-order valence-corrected chi connectivity index (χ4v) is 2.99. The summed E-state index contributed by atoms with van der Waals surface area (Å²) in [6.07, 6.45) is 3.61. The molecule has 1 unspecified atom stereocenters. The Bertz CT molecular complexity index is 1020. The van der Waals surface area contributed by atoms with Crippen molar-refractivity contribution in [3.63, 3.8) is 0 Å². The molecule has 6 nitrogen and oxygen atoms in total. The van der Waals surface area contributed by atoms with Gasteiger partial charge in [-0.2, -0.15) is 0 Å². The number of carbonyl (C=O) groups is 3. The molecule has 3 aromatic rings. The number of ketones is 1. The molecule has 0 aliphatic heterocycles. The average Bonchev–Trinajstić information content (AvgIpc) is 2.83. The minimum absolute atomic E-state index is 0.0595. The largest absolute Gasteiger partial charge is 0.465 e. The van der Waals surface area contributed by atoms with E-state index in [0.717, 1.165) is 5.56 Å². The van der Waals surface area contributed by atoms with Gasteiger partial charge < -0.3 is 10.1 Å². The fourth-order valence-electron chi connectivity index (χ4n) is 2.99. The molecule has 158 valence electrons. The van der Waals surface area contributed by atoms with Gasteiger partial charge in [0.1, 0.15) is 0 Å². The lowest BCUT2D eigenvalue weighted by Crippen LogP contribution is -2.26. The van der Waals surface area contributed by atoms with Crippen molar-refractivity contribution in [3.8, 4) is 0 Å². The summed E-state index contributed by atoms with van der Waals surface area (Å²) >= 11 is 0. The number of carbonyl (C=O) groups excluding carboxylic acids is 3. The summed E-state index contributed by atoms with van der Waals surface area (Å²) in [6.45, 7) is 2.37. The number of rotatable bonds is 9. The first kappa shape index (κ1) is 21.9. The minimum Gasteiger partial charge on any atom is -0.465 e. The van der Waals surface area contributed by atoms with E-state index in [0.29, 0.717) is 29.7 Å². The maximum Gasteiger partial charge on any atom is 0.313 e. The van der Waals surface area contributed by atoms with Gasteiger partial charge in [-0.1, -0.05) is 54.6 Å². The Morgan fingerprint density at radius 1 is 0.903 bits per heavy atom. The van der Waals surface area contributed by atoms with E-state index >= 15 is 0 Å². The van der Waals surface area contributed by atoms with Crippen LogP contribution in [0.4, 0.5) is 0 Å². The first-order valence-corrected chi connectivity index (χ1v) is 10.1. The van der Waals surface area contributed by atoms with Crippen molar-refractivity contribution in [2.24, 2.45) is 0 Å². The lowest BCUT2D eigenvalue weighted by molar-refractivity contribution is -0.145. The topological polar surface area (TPSA) is 85.4 Å². The molecule has 0 saturated carbocycles. The zero-order valence-corrected chi connectivity index (χ0v) is 17.3. The van der Waals surface area contributed by atoms with Crippen molar-refractivity contribution in [1.82, 2.24) is 10.3 Å². The van der Waals surface area contributed by atoms with Crippen LogP contribution in [0.1, 0.15) is 51.1 Å². The van der Waals surface area contributed by atoms with Crippen LogP contribution in [0.15, 0.2) is 79.1 Å². The van der Waals surface area contributed by atoms with Gasteiger partial charge in [0, 0.05) is 30.1 Å². The Balaban J connectivity index is 1.43. The van der Waals surface area contributed by atoms with Crippen molar-refractivity contribution in [1.29, 1.82) is 0 Å². The summed E-state index contributed by atoms with van der Waals surface area (Å²) in [5, 5.41) is 2.76. The van der Waals surface area contributed by atoms with Gasteiger partial charge in [0.15, 0.2) is 5.78 Å². The first-order valence-electron chi connectivity index (χ1n) is 10.1. The van der Waals surface area contributed by atoms with Crippen LogP contribution in [-0.4, -0.2) is 35.8 Å². The molecule has 0 radical (unpaired) electrons. The van der Waals surface area contributed by atoms with Gasteiger partial charge in [-0.05, 0) is 31.0 Å². The second-order valence-electron chi connectivity index (χ2n) is 7.06. The van der Waals surface area contributed by atoms with Crippen LogP contribution in [0.25, 0.3) is 0 Å². The quantitative estimate of drug-likeness (QED) is 0.326. The number of benzene rings is 2. The molecule has 0 bridgehead atoms. The summed E-state index contributed by atoms with van der Waals surface area (Å²) in [6, 6.07) is 19.4. The molecule has 1 heterocycles. The third-order valence-corrected chi connectivity index (χ3v) is 4.84. The smallest absolute Gasteiger partial charge is 0.313 e. The number of hydrogen-bond acceptors (Lipinski definition) is 5. The van der Waals surface area contributed by atoms with Crippen LogP contribution in [0.3, 0.4) is 0 Å². The highest BCUT2D eigenvalue weighted by Crippen LogP contribution is 2.19. The van der Waals surface area contributed by atoms with Crippen molar-refractivity contribution in [2.45, 2.75) is 19.3 Å². The average molecular weight is 416 g/mol. The van der Waals surface area contributed by atoms with Crippen LogP contribution in [-0.2, 0) is 9.53 Å². The molecule has 31 heavy (non-hydrogen) atoms. The molecule has 1 amide bonds. The zero-order valence-electron chi connectivity index (χ0n) is 17.3. The molecule has 0 spiro atoms. The van der Waals surface area contributed by atoms with E-state index in [-0.39, 0.29) is 24.3 Å². The molecular formula is C25H24N2O4. The zero-order chi connectivity index (χ0) is 22.1. The predicted octanol–water partition coefficient (Wildman–Crippen LogP) is 3.78. The molecule has 0 saturated heterocycles. The summed E-state index contributed by atoms with van der Waals surface area (Å²) in [5.41, 5.74) is 2.46. The van der Waals surface area contributed by atoms with E-state index in [2.05, 4.69) is 10.3 Å².